The second-order valence-electron chi connectivity index (χ2n) is 7.53. The Morgan fingerprint density at radius 2 is 1.43 bits per heavy atom. The number of amides is 3. The number of para-hydroxylation sites is 2. The predicted octanol–water partition coefficient (Wildman–Crippen LogP) is 5.52. The van der Waals surface area contributed by atoms with Crippen LogP contribution in [-0.2, 0) is 9.59 Å². The lowest BCUT2D eigenvalue weighted by Crippen LogP contribution is -2.32. The number of furan rings is 1. The molecule has 35 heavy (non-hydrogen) atoms. The largest absolute Gasteiger partial charge is 0.459 e. The number of imide groups is 1. The quantitative estimate of drug-likeness (QED) is 0.338. The summed E-state index contributed by atoms with van der Waals surface area (Å²) >= 11 is 1.19. The molecular formula is C27H19N3O4S. The molecule has 3 aromatic carbocycles. The van der Waals surface area contributed by atoms with Crippen molar-refractivity contribution in [2.75, 3.05) is 15.5 Å². The van der Waals surface area contributed by atoms with Crippen LogP contribution in [0.3, 0.4) is 0 Å². The molecule has 1 aliphatic heterocycles. The highest BCUT2D eigenvalue weighted by atomic mass is 32.2. The van der Waals surface area contributed by atoms with Crippen LogP contribution in [0.2, 0.25) is 0 Å². The first-order chi connectivity index (χ1) is 17.1. The Labute approximate surface area is 205 Å². The number of hydrogen-bond acceptors (Lipinski definition) is 6. The molecule has 0 fully saturated rings. The van der Waals surface area contributed by atoms with Crippen LogP contribution >= 0.6 is 11.8 Å². The number of nitrogens with zero attached hydrogens (tertiary/aromatic N) is 1. The van der Waals surface area contributed by atoms with Crippen LogP contribution in [0.4, 0.5) is 17.1 Å². The van der Waals surface area contributed by atoms with Gasteiger partial charge in [-0.05, 0) is 60.7 Å². The van der Waals surface area contributed by atoms with Crippen LogP contribution in [0, 0.1) is 0 Å². The third-order valence-corrected chi connectivity index (χ3v) is 6.27. The highest BCUT2D eigenvalue weighted by molar-refractivity contribution is 8.04. The van der Waals surface area contributed by atoms with Gasteiger partial charge < -0.3 is 15.1 Å². The fourth-order valence-corrected chi connectivity index (χ4v) is 4.44. The number of hydrogen-bond donors (Lipinski definition) is 2. The van der Waals surface area contributed by atoms with E-state index in [1.165, 1.54) is 22.9 Å². The number of carbonyl (C=O) groups excluding carboxylic acids is 3. The van der Waals surface area contributed by atoms with E-state index < -0.39 is 11.8 Å². The number of anilines is 3. The van der Waals surface area contributed by atoms with Crippen LogP contribution in [0.25, 0.3) is 0 Å². The average Bonchev–Trinajstić information content (AvgIpc) is 3.50. The van der Waals surface area contributed by atoms with Crippen LogP contribution < -0.4 is 15.5 Å². The number of carbonyl (C=O) groups is 3. The summed E-state index contributed by atoms with van der Waals surface area (Å²) in [6, 6.07) is 28.3. The van der Waals surface area contributed by atoms with Crippen molar-refractivity contribution in [3.63, 3.8) is 0 Å². The molecule has 0 radical (unpaired) electrons. The lowest BCUT2D eigenvalue weighted by molar-refractivity contribution is -0.120. The van der Waals surface area contributed by atoms with Crippen molar-refractivity contribution in [2.45, 2.75) is 4.90 Å². The van der Waals surface area contributed by atoms with Gasteiger partial charge >= 0.3 is 0 Å². The van der Waals surface area contributed by atoms with E-state index in [1.54, 1.807) is 60.7 Å². The molecule has 5 rings (SSSR count). The zero-order valence-corrected chi connectivity index (χ0v) is 19.1. The Morgan fingerprint density at radius 3 is 2.09 bits per heavy atom. The molecule has 2 heterocycles. The summed E-state index contributed by atoms with van der Waals surface area (Å²) in [6.45, 7) is 0. The predicted molar refractivity (Wildman–Crippen MR) is 135 cm³/mol. The third-order valence-electron chi connectivity index (χ3n) is 5.18. The maximum atomic E-state index is 13.4. The molecule has 0 aliphatic carbocycles. The number of nitrogens with one attached hydrogen (secondary N) is 2. The number of rotatable bonds is 7. The normalized spacial score (nSPS) is 13.3. The van der Waals surface area contributed by atoms with Crippen molar-refractivity contribution in [3.05, 3.63) is 120 Å². The van der Waals surface area contributed by atoms with E-state index in [9.17, 15) is 14.4 Å². The molecule has 8 heteroatoms. The van der Waals surface area contributed by atoms with Gasteiger partial charge in [-0.15, -0.1) is 0 Å². The van der Waals surface area contributed by atoms with Gasteiger partial charge in [0.1, 0.15) is 10.6 Å². The van der Waals surface area contributed by atoms with Crippen LogP contribution in [0.15, 0.2) is 123 Å². The Bertz CT molecular complexity index is 1400. The van der Waals surface area contributed by atoms with Gasteiger partial charge in [-0.1, -0.05) is 48.2 Å². The van der Waals surface area contributed by atoms with E-state index in [1.807, 2.05) is 36.4 Å². The first-order valence-electron chi connectivity index (χ1n) is 10.7. The van der Waals surface area contributed by atoms with Gasteiger partial charge in [0, 0.05) is 16.3 Å². The summed E-state index contributed by atoms with van der Waals surface area (Å²) < 4.78 is 5.11. The van der Waals surface area contributed by atoms with E-state index in [0.29, 0.717) is 17.1 Å². The van der Waals surface area contributed by atoms with Crippen molar-refractivity contribution < 1.29 is 18.8 Å². The van der Waals surface area contributed by atoms with Crippen LogP contribution in [-0.4, -0.2) is 17.7 Å². The van der Waals surface area contributed by atoms with Crippen molar-refractivity contribution in [1.82, 2.24) is 0 Å². The molecule has 0 unspecified atom stereocenters. The number of thioether (sulfide) groups is 1. The Morgan fingerprint density at radius 1 is 0.743 bits per heavy atom. The summed E-state index contributed by atoms with van der Waals surface area (Å²) in [5, 5.41) is 5.88. The van der Waals surface area contributed by atoms with E-state index in [0.717, 1.165) is 4.90 Å². The highest BCUT2D eigenvalue weighted by Crippen LogP contribution is 2.38. The fourth-order valence-electron chi connectivity index (χ4n) is 3.52. The summed E-state index contributed by atoms with van der Waals surface area (Å²) in [4.78, 5) is 41.1. The second kappa shape index (κ2) is 9.74. The SMILES string of the molecule is O=C(Nc1ccc(SC2=C(Nc3ccccc3)C(=O)N(c3ccccc3)C2=O)cc1)c1ccco1. The fraction of sp³-hybridized carbons (Fsp3) is 0. The number of benzene rings is 3. The first-order valence-corrected chi connectivity index (χ1v) is 11.5. The summed E-state index contributed by atoms with van der Waals surface area (Å²) in [5.41, 5.74) is 1.99. The van der Waals surface area contributed by atoms with Gasteiger partial charge in [0.2, 0.25) is 0 Å². The molecule has 4 aromatic rings. The second-order valence-corrected chi connectivity index (χ2v) is 8.62. The highest BCUT2D eigenvalue weighted by Gasteiger charge is 2.40. The van der Waals surface area contributed by atoms with Gasteiger partial charge in [-0.2, -0.15) is 0 Å². The summed E-state index contributed by atoms with van der Waals surface area (Å²) in [6.07, 6.45) is 1.43. The zero-order chi connectivity index (χ0) is 24.2. The molecular weight excluding hydrogens is 462 g/mol. The molecule has 7 nitrogen and oxygen atoms in total. The minimum atomic E-state index is -0.421. The van der Waals surface area contributed by atoms with E-state index in [4.69, 9.17) is 4.42 Å². The van der Waals surface area contributed by atoms with Crippen molar-refractivity contribution >= 4 is 46.5 Å². The van der Waals surface area contributed by atoms with Gasteiger partial charge in [-0.3, -0.25) is 14.4 Å². The molecule has 1 aliphatic rings. The average molecular weight is 482 g/mol. The Kier molecular flexibility index (Phi) is 6.19. The van der Waals surface area contributed by atoms with Gasteiger partial charge in [0.25, 0.3) is 17.7 Å². The van der Waals surface area contributed by atoms with Gasteiger partial charge in [0.05, 0.1) is 12.0 Å². The summed E-state index contributed by atoms with van der Waals surface area (Å²) in [7, 11) is 0. The molecule has 1 aromatic heterocycles. The third kappa shape index (κ3) is 4.73. The summed E-state index contributed by atoms with van der Waals surface area (Å²) in [5.74, 6) is -0.974. The first kappa shape index (κ1) is 22.2. The lowest BCUT2D eigenvalue weighted by atomic mass is 10.3. The van der Waals surface area contributed by atoms with Gasteiger partial charge in [0.15, 0.2) is 5.76 Å². The molecule has 3 amide bonds. The zero-order valence-electron chi connectivity index (χ0n) is 18.3. The molecule has 0 atom stereocenters. The van der Waals surface area contributed by atoms with Crippen molar-refractivity contribution in [2.24, 2.45) is 0 Å². The molecule has 2 N–H and O–H groups in total. The monoisotopic (exact) mass is 481 g/mol. The topological polar surface area (TPSA) is 91.7 Å². The van der Waals surface area contributed by atoms with E-state index >= 15 is 0 Å². The van der Waals surface area contributed by atoms with Crippen molar-refractivity contribution in [1.29, 1.82) is 0 Å². The Hall–Kier alpha value is -4.56. The smallest absolute Gasteiger partial charge is 0.291 e. The van der Waals surface area contributed by atoms with E-state index in [2.05, 4.69) is 10.6 Å². The minimum absolute atomic E-state index is 0.210. The molecule has 0 bridgehead atoms. The molecule has 0 saturated carbocycles. The van der Waals surface area contributed by atoms with Gasteiger partial charge in [-0.25, -0.2) is 4.90 Å². The van der Waals surface area contributed by atoms with Crippen LogP contribution in [0.5, 0.6) is 0 Å². The minimum Gasteiger partial charge on any atom is -0.459 e. The maximum Gasteiger partial charge on any atom is 0.291 e. The van der Waals surface area contributed by atoms with E-state index in [-0.39, 0.29) is 22.3 Å². The molecule has 172 valence electrons. The molecule has 0 spiro atoms. The van der Waals surface area contributed by atoms with Crippen LogP contribution in [0.1, 0.15) is 10.6 Å². The molecule has 0 saturated heterocycles. The Balaban J connectivity index is 1.41. The maximum absolute atomic E-state index is 13.4. The standard InChI is InChI=1S/C27H19N3O4S/c31-25(22-12-7-17-34-22)29-19-13-15-21(16-14-19)35-24-23(28-18-8-3-1-4-9-18)26(32)30(27(24)33)20-10-5-2-6-11-20/h1-17,28H,(H,29,31). The van der Waals surface area contributed by atoms with Crippen molar-refractivity contribution in [3.8, 4) is 0 Å². The lowest BCUT2D eigenvalue weighted by Gasteiger charge is -2.15.